The minimum atomic E-state index is -0.268. The van der Waals surface area contributed by atoms with E-state index < -0.39 is 0 Å². The van der Waals surface area contributed by atoms with Crippen LogP contribution in [-0.4, -0.2) is 9.55 Å². The number of aromatic amines is 1. The highest BCUT2D eigenvalue weighted by Crippen LogP contribution is 2.25. The normalized spacial score (nSPS) is 11.2. The number of rotatable bonds is 2. The highest BCUT2D eigenvalue weighted by Gasteiger charge is 2.11. The van der Waals surface area contributed by atoms with Crippen LogP contribution < -0.4 is 0 Å². The fourth-order valence-corrected chi connectivity index (χ4v) is 3.09. The number of H-pyrrole nitrogens is 1. The second kappa shape index (κ2) is 5.14. The maximum absolute atomic E-state index is 13.5. The maximum Gasteiger partial charge on any atom is 0.182 e. The van der Waals surface area contributed by atoms with Crippen molar-refractivity contribution in [2.24, 2.45) is 0 Å². The molecule has 2 aromatic carbocycles. The van der Waals surface area contributed by atoms with Crippen LogP contribution in [0.2, 0.25) is 0 Å². The zero-order valence-corrected chi connectivity index (χ0v) is 13.2. The molecule has 3 aromatic rings. The summed E-state index contributed by atoms with van der Waals surface area (Å²) in [6.45, 7) is 2.09. The van der Waals surface area contributed by atoms with Gasteiger partial charge in [0.05, 0.1) is 16.7 Å². The molecule has 0 fully saturated rings. The Morgan fingerprint density at radius 3 is 2.80 bits per heavy atom. The summed E-state index contributed by atoms with van der Waals surface area (Å²) >= 11 is 8.87. The van der Waals surface area contributed by atoms with Crippen molar-refractivity contribution in [2.75, 3.05) is 0 Å². The summed E-state index contributed by atoms with van der Waals surface area (Å²) < 4.78 is 17.0. The Bertz CT molecular complexity index is 851. The molecule has 0 saturated heterocycles. The van der Waals surface area contributed by atoms with E-state index in [9.17, 15) is 4.39 Å². The zero-order valence-electron chi connectivity index (χ0n) is 10.8. The van der Waals surface area contributed by atoms with Crippen LogP contribution >= 0.6 is 28.1 Å². The Hall–Kier alpha value is -1.46. The summed E-state index contributed by atoms with van der Waals surface area (Å²) in [4.78, 5) is 3.12. The van der Waals surface area contributed by atoms with Gasteiger partial charge in [0.2, 0.25) is 0 Å². The quantitative estimate of drug-likeness (QED) is 0.633. The Morgan fingerprint density at radius 2 is 2.05 bits per heavy atom. The molecule has 2 nitrogen and oxygen atoms in total. The Kier molecular flexibility index (Phi) is 3.48. The molecular formula is C15H12BrFN2S. The first-order chi connectivity index (χ1) is 9.60. The molecule has 0 aliphatic carbocycles. The van der Waals surface area contributed by atoms with Gasteiger partial charge in [-0.1, -0.05) is 22.9 Å². The third kappa shape index (κ3) is 2.21. The zero-order chi connectivity index (χ0) is 14.3. The molecule has 0 radical (unpaired) electrons. The number of hydrogen-bond acceptors (Lipinski definition) is 1. The number of nitrogens with one attached hydrogen (secondary N) is 1. The fourth-order valence-electron chi connectivity index (χ4n) is 2.37. The summed E-state index contributed by atoms with van der Waals surface area (Å²) in [6, 6.07) is 10.7. The standard InChI is InChI=1S/C15H12BrFN2S/c1-2-9-7-10(16)3-6-13(9)19-14-8-11(17)4-5-12(14)18-15(19)20/h3-8H,2H2,1H3,(H,18,20). The number of nitrogens with zero attached hydrogens (tertiary/aromatic N) is 1. The van der Waals surface area contributed by atoms with Gasteiger partial charge in [-0.05, 0) is 54.5 Å². The second-order valence-electron chi connectivity index (χ2n) is 4.55. The van der Waals surface area contributed by atoms with Crippen molar-refractivity contribution in [1.82, 2.24) is 9.55 Å². The molecule has 0 aliphatic rings. The first-order valence-electron chi connectivity index (χ1n) is 6.29. The van der Waals surface area contributed by atoms with Gasteiger partial charge in [-0.2, -0.15) is 0 Å². The third-order valence-corrected chi connectivity index (χ3v) is 4.09. The van der Waals surface area contributed by atoms with E-state index in [1.807, 2.05) is 16.7 Å². The summed E-state index contributed by atoms with van der Waals surface area (Å²) in [5.41, 5.74) is 3.73. The van der Waals surface area contributed by atoms with Gasteiger partial charge in [-0.25, -0.2) is 4.39 Å². The fraction of sp³-hybridized carbons (Fsp3) is 0.133. The van der Waals surface area contributed by atoms with E-state index >= 15 is 0 Å². The van der Waals surface area contributed by atoms with Gasteiger partial charge in [-0.3, -0.25) is 4.57 Å². The van der Waals surface area contributed by atoms with Crippen LogP contribution in [0.3, 0.4) is 0 Å². The van der Waals surface area contributed by atoms with Crippen molar-refractivity contribution in [3.63, 3.8) is 0 Å². The van der Waals surface area contributed by atoms with Gasteiger partial charge in [0, 0.05) is 10.5 Å². The summed E-state index contributed by atoms with van der Waals surface area (Å²) in [5.74, 6) is -0.268. The Labute approximate surface area is 129 Å². The molecule has 0 atom stereocenters. The molecule has 0 saturated carbocycles. The van der Waals surface area contributed by atoms with Crippen LogP contribution in [0, 0.1) is 10.6 Å². The van der Waals surface area contributed by atoms with Crippen LogP contribution in [-0.2, 0) is 6.42 Å². The average molecular weight is 351 g/mol. The lowest BCUT2D eigenvalue weighted by Crippen LogP contribution is -1.99. The summed E-state index contributed by atoms with van der Waals surface area (Å²) in [5, 5.41) is 0. The van der Waals surface area contributed by atoms with Crippen LogP contribution in [0.25, 0.3) is 16.7 Å². The van der Waals surface area contributed by atoms with E-state index in [1.54, 1.807) is 6.07 Å². The monoisotopic (exact) mass is 350 g/mol. The summed E-state index contributed by atoms with van der Waals surface area (Å²) in [6.07, 6.45) is 0.874. The Balaban J connectivity index is 2.37. The van der Waals surface area contributed by atoms with Crippen LogP contribution in [0.15, 0.2) is 40.9 Å². The molecule has 0 aliphatic heterocycles. The average Bonchev–Trinajstić information content (AvgIpc) is 2.74. The first-order valence-corrected chi connectivity index (χ1v) is 7.49. The molecule has 0 amide bonds. The third-order valence-electron chi connectivity index (χ3n) is 3.31. The van der Waals surface area contributed by atoms with E-state index in [4.69, 9.17) is 12.2 Å². The van der Waals surface area contributed by atoms with Crippen molar-refractivity contribution in [1.29, 1.82) is 0 Å². The van der Waals surface area contributed by atoms with E-state index in [2.05, 4.69) is 33.9 Å². The minimum Gasteiger partial charge on any atom is -0.330 e. The van der Waals surface area contributed by atoms with Gasteiger partial charge in [0.1, 0.15) is 5.82 Å². The summed E-state index contributed by atoms with van der Waals surface area (Å²) in [7, 11) is 0. The topological polar surface area (TPSA) is 20.7 Å². The van der Waals surface area contributed by atoms with E-state index in [0.29, 0.717) is 4.77 Å². The van der Waals surface area contributed by atoms with E-state index in [1.165, 1.54) is 12.1 Å². The van der Waals surface area contributed by atoms with Gasteiger partial charge in [-0.15, -0.1) is 0 Å². The molecule has 0 bridgehead atoms. The molecule has 1 aromatic heterocycles. The van der Waals surface area contributed by atoms with Crippen LogP contribution in [0.4, 0.5) is 4.39 Å². The van der Waals surface area contributed by atoms with Crippen LogP contribution in [0.5, 0.6) is 0 Å². The molecule has 3 rings (SSSR count). The molecule has 1 heterocycles. The molecular weight excluding hydrogens is 339 g/mol. The number of halogens is 2. The highest BCUT2D eigenvalue weighted by atomic mass is 79.9. The van der Waals surface area contributed by atoms with Gasteiger partial charge in [0.15, 0.2) is 4.77 Å². The molecule has 5 heteroatoms. The van der Waals surface area contributed by atoms with Crippen molar-refractivity contribution in [3.05, 3.63) is 57.0 Å². The number of hydrogen-bond donors (Lipinski definition) is 1. The number of aromatic nitrogens is 2. The van der Waals surface area contributed by atoms with Crippen LogP contribution in [0.1, 0.15) is 12.5 Å². The molecule has 0 spiro atoms. The predicted molar refractivity (Wildman–Crippen MR) is 85.5 cm³/mol. The van der Waals surface area contributed by atoms with E-state index in [0.717, 1.165) is 33.2 Å². The second-order valence-corrected chi connectivity index (χ2v) is 5.86. The molecule has 102 valence electrons. The molecule has 0 unspecified atom stereocenters. The van der Waals surface area contributed by atoms with Gasteiger partial charge in [0.25, 0.3) is 0 Å². The number of aryl methyl sites for hydroxylation is 1. The van der Waals surface area contributed by atoms with Gasteiger partial charge < -0.3 is 4.98 Å². The highest BCUT2D eigenvalue weighted by molar-refractivity contribution is 9.10. The number of benzene rings is 2. The molecule has 20 heavy (non-hydrogen) atoms. The SMILES string of the molecule is CCc1cc(Br)ccc1-n1c(=S)[nH]c2ccc(F)cc21. The van der Waals surface area contributed by atoms with E-state index in [-0.39, 0.29) is 5.82 Å². The Morgan fingerprint density at radius 1 is 1.25 bits per heavy atom. The first kappa shape index (κ1) is 13.5. The smallest absolute Gasteiger partial charge is 0.182 e. The van der Waals surface area contributed by atoms with Crippen molar-refractivity contribution >= 4 is 39.2 Å². The van der Waals surface area contributed by atoms with Crippen molar-refractivity contribution in [2.45, 2.75) is 13.3 Å². The maximum atomic E-state index is 13.5. The predicted octanol–water partition coefficient (Wildman–Crippen LogP) is 5.15. The lowest BCUT2D eigenvalue weighted by atomic mass is 10.1. The minimum absolute atomic E-state index is 0.268. The lowest BCUT2D eigenvalue weighted by molar-refractivity contribution is 0.629. The lowest BCUT2D eigenvalue weighted by Gasteiger charge is -2.10. The number of imidazole rings is 1. The van der Waals surface area contributed by atoms with Crippen molar-refractivity contribution in [3.8, 4) is 5.69 Å². The van der Waals surface area contributed by atoms with Crippen molar-refractivity contribution < 1.29 is 4.39 Å². The largest absolute Gasteiger partial charge is 0.330 e. The molecule has 1 N–H and O–H groups in total. The number of fused-ring (bicyclic) bond motifs is 1. The van der Waals surface area contributed by atoms with Gasteiger partial charge >= 0.3 is 0 Å².